The molecule has 0 radical (unpaired) electrons. The van der Waals surface area contributed by atoms with E-state index in [9.17, 15) is 4.79 Å². The molecule has 2 atom stereocenters. The first-order valence-corrected chi connectivity index (χ1v) is 12.0. The van der Waals surface area contributed by atoms with Crippen LogP contribution in [-0.4, -0.2) is 27.1 Å². The molecule has 33 heavy (non-hydrogen) atoms. The monoisotopic (exact) mass is 444 g/mol. The van der Waals surface area contributed by atoms with Crippen LogP contribution in [-0.2, 0) is 29.7 Å². The van der Waals surface area contributed by atoms with Crippen molar-refractivity contribution in [1.29, 1.82) is 0 Å². The molecule has 0 saturated heterocycles. The number of nitrogens with two attached hydrogens (primary N) is 1. The normalized spacial score (nSPS) is 18.0. The quantitative estimate of drug-likeness (QED) is 0.571. The Morgan fingerprint density at radius 1 is 1.15 bits per heavy atom. The molecule has 5 nitrogen and oxygen atoms in total. The summed E-state index contributed by atoms with van der Waals surface area (Å²) in [6.07, 6.45) is 2.70. The average molecular weight is 445 g/mol. The van der Waals surface area contributed by atoms with E-state index >= 15 is 0 Å². The van der Waals surface area contributed by atoms with Crippen LogP contribution in [0.1, 0.15) is 65.5 Å². The highest BCUT2D eigenvalue weighted by atomic mass is 16.1. The van der Waals surface area contributed by atoms with Gasteiger partial charge in [0.25, 0.3) is 0 Å². The topological polar surface area (TPSA) is 64.2 Å². The summed E-state index contributed by atoms with van der Waals surface area (Å²) in [6, 6.07) is 16.7. The first-order valence-electron chi connectivity index (χ1n) is 12.0. The van der Waals surface area contributed by atoms with Gasteiger partial charge in [0.15, 0.2) is 0 Å². The number of carbonyl (C=O) groups is 1. The minimum Gasteiger partial charge on any atom is -0.368 e. The number of aryl methyl sites for hydroxylation is 5. The van der Waals surface area contributed by atoms with E-state index in [0.717, 1.165) is 43.6 Å². The Hall–Kier alpha value is -2.92. The minimum absolute atomic E-state index is 0.0625. The van der Waals surface area contributed by atoms with Crippen LogP contribution in [0.3, 0.4) is 0 Å². The van der Waals surface area contributed by atoms with Crippen molar-refractivity contribution >= 4 is 5.91 Å². The molecule has 0 bridgehead atoms. The molecule has 3 aromatic rings. The highest BCUT2D eigenvalue weighted by Crippen LogP contribution is 2.43. The molecule has 0 saturated carbocycles. The summed E-state index contributed by atoms with van der Waals surface area (Å²) < 4.78 is 2.14. The molecule has 1 aliphatic rings. The van der Waals surface area contributed by atoms with E-state index in [1.807, 2.05) is 37.3 Å². The number of carbonyl (C=O) groups excluding carboxylic acids is 1. The van der Waals surface area contributed by atoms with Gasteiger partial charge in [0.1, 0.15) is 5.54 Å². The van der Waals surface area contributed by atoms with Crippen LogP contribution in [0.15, 0.2) is 48.5 Å². The molecule has 174 valence electrons. The second-order valence-electron chi connectivity index (χ2n) is 9.49. The molecule has 2 aromatic carbocycles. The Morgan fingerprint density at radius 3 is 2.52 bits per heavy atom. The van der Waals surface area contributed by atoms with E-state index < -0.39 is 5.54 Å². The molecule has 2 N–H and O–H groups in total. The molecule has 1 amide bonds. The number of benzene rings is 2. The smallest absolute Gasteiger partial charge is 0.242 e. The van der Waals surface area contributed by atoms with Gasteiger partial charge in [-0.05, 0) is 64.2 Å². The number of hydrogen-bond acceptors (Lipinski definition) is 3. The zero-order valence-electron chi connectivity index (χ0n) is 20.6. The van der Waals surface area contributed by atoms with Gasteiger partial charge in [-0.25, -0.2) is 0 Å². The molecule has 0 aliphatic carbocycles. The third kappa shape index (κ3) is 4.10. The van der Waals surface area contributed by atoms with E-state index in [-0.39, 0.29) is 11.9 Å². The van der Waals surface area contributed by atoms with Crippen LogP contribution in [0.25, 0.3) is 0 Å². The van der Waals surface area contributed by atoms with Crippen molar-refractivity contribution in [2.24, 2.45) is 5.73 Å². The van der Waals surface area contributed by atoms with Gasteiger partial charge in [0, 0.05) is 36.8 Å². The van der Waals surface area contributed by atoms with Gasteiger partial charge >= 0.3 is 0 Å². The summed E-state index contributed by atoms with van der Waals surface area (Å²) >= 11 is 0. The third-order valence-corrected chi connectivity index (χ3v) is 7.46. The average Bonchev–Trinajstić information content (AvgIpc) is 3.14. The van der Waals surface area contributed by atoms with Crippen molar-refractivity contribution in [2.45, 2.75) is 72.0 Å². The molecule has 0 spiro atoms. The lowest BCUT2D eigenvalue weighted by atomic mass is 9.82. The Kier molecular flexibility index (Phi) is 6.44. The summed E-state index contributed by atoms with van der Waals surface area (Å²) in [6.45, 7) is 12.2. The van der Waals surface area contributed by atoms with Crippen LogP contribution in [0.5, 0.6) is 0 Å². The summed E-state index contributed by atoms with van der Waals surface area (Å²) in [7, 11) is 0. The highest BCUT2D eigenvalue weighted by molar-refractivity contribution is 5.86. The Bertz CT molecular complexity index is 1150. The third-order valence-electron chi connectivity index (χ3n) is 7.46. The maximum absolute atomic E-state index is 13.1. The van der Waals surface area contributed by atoms with E-state index in [2.05, 4.69) is 55.5 Å². The number of amides is 1. The van der Waals surface area contributed by atoms with Crippen molar-refractivity contribution in [2.75, 3.05) is 6.54 Å². The predicted molar refractivity (Wildman–Crippen MR) is 133 cm³/mol. The number of aromatic nitrogens is 2. The second-order valence-corrected chi connectivity index (χ2v) is 9.49. The van der Waals surface area contributed by atoms with Crippen LogP contribution in [0, 0.1) is 20.8 Å². The number of fused-ring (bicyclic) bond motifs is 1. The van der Waals surface area contributed by atoms with E-state index in [4.69, 9.17) is 10.8 Å². The standard InChI is InChI=1S/C28H36N4O/c1-6-32-25-16-17-31(28(5,27(29)33)23-10-8-7-9-11-23)24(26(25)21(4)30-32)15-14-22-13-12-19(2)18-20(22)3/h7-13,18,24H,6,14-17H2,1-5H3,(H2,29,33). The summed E-state index contributed by atoms with van der Waals surface area (Å²) in [4.78, 5) is 15.4. The molecule has 5 heteroatoms. The fraction of sp³-hybridized carbons (Fsp3) is 0.429. The van der Waals surface area contributed by atoms with Gasteiger partial charge in [-0.1, -0.05) is 54.1 Å². The maximum Gasteiger partial charge on any atom is 0.242 e. The SMILES string of the molecule is CCn1nc(C)c2c1CCN(C(C)(C(N)=O)c1ccccc1)C2CCc1ccc(C)cc1C. The molecular formula is C28H36N4O. The maximum atomic E-state index is 13.1. The predicted octanol–water partition coefficient (Wildman–Crippen LogP) is 4.76. The molecule has 0 fully saturated rings. The first kappa shape index (κ1) is 23.2. The van der Waals surface area contributed by atoms with Crippen molar-refractivity contribution in [3.8, 4) is 0 Å². The minimum atomic E-state index is -0.896. The van der Waals surface area contributed by atoms with Gasteiger partial charge in [-0.3, -0.25) is 14.4 Å². The molecule has 2 unspecified atom stereocenters. The van der Waals surface area contributed by atoms with Crippen molar-refractivity contribution < 1.29 is 4.79 Å². The molecule has 1 aliphatic heterocycles. The van der Waals surface area contributed by atoms with Crippen molar-refractivity contribution in [3.63, 3.8) is 0 Å². The lowest BCUT2D eigenvalue weighted by molar-refractivity contribution is -0.132. The van der Waals surface area contributed by atoms with Crippen LogP contribution in [0.2, 0.25) is 0 Å². The highest BCUT2D eigenvalue weighted by Gasteiger charge is 2.46. The zero-order chi connectivity index (χ0) is 23.8. The first-order chi connectivity index (χ1) is 15.8. The van der Waals surface area contributed by atoms with E-state index in [1.54, 1.807) is 0 Å². The largest absolute Gasteiger partial charge is 0.368 e. The lowest BCUT2D eigenvalue weighted by Gasteiger charge is -2.47. The number of primary amides is 1. The van der Waals surface area contributed by atoms with Crippen LogP contribution in [0.4, 0.5) is 0 Å². The van der Waals surface area contributed by atoms with Gasteiger partial charge in [-0.2, -0.15) is 5.10 Å². The second kappa shape index (κ2) is 9.14. The number of hydrogen-bond donors (Lipinski definition) is 1. The van der Waals surface area contributed by atoms with Crippen molar-refractivity contribution in [1.82, 2.24) is 14.7 Å². The van der Waals surface area contributed by atoms with Crippen molar-refractivity contribution in [3.05, 3.63) is 87.7 Å². The fourth-order valence-electron chi connectivity index (χ4n) is 5.61. The van der Waals surface area contributed by atoms with Gasteiger partial charge in [0.05, 0.1) is 5.69 Å². The summed E-state index contributed by atoms with van der Waals surface area (Å²) in [5, 5.41) is 4.85. The van der Waals surface area contributed by atoms with Gasteiger partial charge in [-0.15, -0.1) is 0 Å². The zero-order valence-corrected chi connectivity index (χ0v) is 20.6. The van der Waals surface area contributed by atoms with Crippen LogP contribution >= 0.6 is 0 Å². The van der Waals surface area contributed by atoms with E-state index in [0.29, 0.717) is 0 Å². The fourth-order valence-corrected chi connectivity index (χ4v) is 5.61. The van der Waals surface area contributed by atoms with Crippen LogP contribution < -0.4 is 5.73 Å². The Balaban J connectivity index is 1.79. The molecular weight excluding hydrogens is 408 g/mol. The molecule has 4 rings (SSSR count). The summed E-state index contributed by atoms with van der Waals surface area (Å²) in [5.41, 5.74) is 13.8. The number of rotatable bonds is 7. The molecule has 2 heterocycles. The molecule has 1 aromatic heterocycles. The Morgan fingerprint density at radius 2 is 1.88 bits per heavy atom. The summed E-state index contributed by atoms with van der Waals surface area (Å²) in [5.74, 6) is -0.311. The van der Waals surface area contributed by atoms with Gasteiger partial charge in [0.2, 0.25) is 5.91 Å². The van der Waals surface area contributed by atoms with Gasteiger partial charge < -0.3 is 5.73 Å². The Labute approximate surface area is 197 Å². The van der Waals surface area contributed by atoms with E-state index in [1.165, 1.54) is 27.9 Å². The number of nitrogens with zero attached hydrogens (tertiary/aromatic N) is 3. The lowest BCUT2D eigenvalue weighted by Crippen LogP contribution is -2.56.